The lowest BCUT2D eigenvalue weighted by Gasteiger charge is -2.21. The van der Waals surface area contributed by atoms with Crippen LogP contribution in [0.1, 0.15) is 19.8 Å². The van der Waals surface area contributed by atoms with E-state index in [1.807, 2.05) is 6.92 Å². The van der Waals surface area contributed by atoms with Gasteiger partial charge in [0.05, 0.1) is 24.3 Å². The van der Waals surface area contributed by atoms with Crippen molar-refractivity contribution in [3.8, 4) is 5.75 Å². The summed E-state index contributed by atoms with van der Waals surface area (Å²) in [6.07, 6.45) is 1.45. The predicted molar refractivity (Wildman–Crippen MR) is 78.1 cm³/mol. The van der Waals surface area contributed by atoms with Crippen molar-refractivity contribution in [3.63, 3.8) is 0 Å². The molecule has 120 valence electrons. The largest absolute Gasteiger partial charge is 0.492 e. The molecular formula is C13H21FN2O4S. The number of aliphatic hydroxyl groups excluding tert-OH is 1. The van der Waals surface area contributed by atoms with E-state index in [2.05, 4.69) is 0 Å². The molecule has 0 amide bonds. The first-order valence-electron chi connectivity index (χ1n) is 6.62. The molecule has 1 aromatic rings. The summed E-state index contributed by atoms with van der Waals surface area (Å²) in [6.45, 7) is 1.83. The van der Waals surface area contributed by atoms with Gasteiger partial charge in [0.1, 0.15) is 0 Å². The molecule has 1 aromatic carbocycles. The zero-order valence-corrected chi connectivity index (χ0v) is 13.0. The molecule has 0 aliphatic heterocycles. The van der Waals surface area contributed by atoms with Crippen LogP contribution < -0.4 is 10.5 Å². The third kappa shape index (κ3) is 4.05. The van der Waals surface area contributed by atoms with Crippen molar-refractivity contribution in [1.82, 2.24) is 4.31 Å². The molecule has 0 saturated carbocycles. The molecule has 0 heterocycles. The molecule has 0 spiro atoms. The van der Waals surface area contributed by atoms with E-state index in [0.717, 1.165) is 22.9 Å². The Morgan fingerprint density at radius 2 is 2.05 bits per heavy atom. The summed E-state index contributed by atoms with van der Waals surface area (Å²) in [7, 11) is -2.66. The van der Waals surface area contributed by atoms with Crippen LogP contribution in [0, 0.1) is 5.82 Å². The Hall–Kier alpha value is -1.38. The average molecular weight is 320 g/mol. The highest BCUT2D eigenvalue weighted by Crippen LogP contribution is 2.29. The summed E-state index contributed by atoms with van der Waals surface area (Å²) in [5.74, 6) is -1.02. The highest BCUT2D eigenvalue weighted by Gasteiger charge is 2.26. The number of sulfonamides is 1. The Bertz CT molecular complexity index is 555. The van der Waals surface area contributed by atoms with Gasteiger partial charge in [0, 0.05) is 13.1 Å². The van der Waals surface area contributed by atoms with Gasteiger partial charge in [0.25, 0.3) is 0 Å². The standard InChI is InChI=1S/C13H21FN2O4S/c1-3-4-5-16(6-7-17)21(18,19)10-8-11(14)13(20-2)12(15)9-10/h8-9,17H,3-7,15H2,1-2H3. The summed E-state index contributed by atoms with van der Waals surface area (Å²) < 4.78 is 44.7. The number of ether oxygens (including phenoxy) is 1. The highest BCUT2D eigenvalue weighted by molar-refractivity contribution is 7.89. The van der Waals surface area contributed by atoms with Crippen LogP contribution in [-0.2, 0) is 10.0 Å². The minimum absolute atomic E-state index is 0.0457. The molecule has 0 radical (unpaired) electrons. The van der Waals surface area contributed by atoms with E-state index < -0.39 is 15.8 Å². The van der Waals surface area contributed by atoms with Crippen LogP contribution in [0.15, 0.2) is 17.0 Å². The molecule has 1 rings (SSSR count). The van der Waals surface area contributed by atoms with Crippen molar-refractivity contribution in [1.29, 1.82) is 0 Å². The Morgan fingerprint density at radius 1 is 1.38 bits per heavy atom. The number of hydrogen-bond donors (Lipinski definition) is 2. The van der Waals surface area contributed by atoms with Crippen LogP contribution in [0.4, 0.5) is 10.1 Å². The van der Waals surface area contributed by atoms with Crippen LogP contribution in [-0.4, -0.2) is 44.6 Å². The number of unbranched alkanes of at least 4 members (excludes halogenated alkanes) is 1. The second-order valence-corrected chi connectivity index (χ2v) is 6.45. The third-order valence-electron chi connectivity index (χ3n) is 3.00. The van der Waals surface area contributed by atoms with Crippen LogP contribution in [0.25, 0.3) is 0 Å². The van der Waals surface area contributed by atoms with Gasteiger partial charge < -0.3 is 15.6 Å². The molecule has 21 heavy (non-hydrogen) atoms. The number of methoxy groups -OCH3 is 1. The van der Waals surface area contributed by atoms with E-state index in [9.17, 15) is 12.8 Å². The molecule has 0 fully saturated rings. The fraction of sp³-hybridized carbons (Fsp3) is 0.538. The van der Waals surface area contributed by atoms with E-state index in [-0.39, 0.29) is 36.0 Å². The van der Waals surface area contributed by atoms with E-state index >= 15 is 0 Å². The highest BCUT2D eigenvalue weighted by atomic mass is 32.2. The molecule has 0 aliphatic rings. The number of aliphatic hydroxyl groups is 1. The number of rotatable bonds is 8. The average Bonchev–Trinajstić information content (AvgIpc) is 2.42. The first kappa shape index (κ1) is 17.7. The molecule has 0 unspecified atom stereocenters. The van der Waals surface area contributed by atoms with Crippen molar-refractivity contribution in [2.24, 2.45) is 0 Å². The van der Waals surface area contributed by atoms with Gasteiger partial charge in [-0.05, 0) is 18.6 Å². The molecule has 3 N–H and O–H groups in total. The van der Waals surface area contributed by atoms with Gasteiger partial charge in [0.2, 0.25) is 10.0 Å². The molecule has 0 atom stereocenters. The lowest BCUT2D eigenvalue weighted by atomic mass is 10.3. The number of anilines is 1. The molecule has 6 nitrogen and oxygen atoms in total. The number of nitrogen functional groups attached to an aromatic ring is 1. The minimum Gasteiger partial charge on any atom is -0.492 e. The molecule has 0 saturated heterocycles. The zero-order chi connectivity index (χ0) is 16.0. The van der Waals surface area contributed by atoms with Gasteiger partial charge in [-0.15, -0.1) is 0 Å². The van der Waals surface area contributed by atoms with Gasteiger partial charge in [-0.3, -0.25) is 0 Å². The van der Waals surface area contributed by atoms with Crippen LogP contribution >= 0.6 is 0 Å². The maximum Gasteiger partial charge on any atom is 0.243 e. The normalized spacial score (nSPS) is 11.9. The number of benzene rings is 1. The maximum absolute atomic E-state index is 13.8. The van der Waals surface area contributed by atoms with E-state index in [4.69, 9.17) is 15.6 Å². The van der Waals surface area contributed by atoms with Crippen molar-refractivity contribution >= 4 is 15.7 Å². The molecule has 0 aromatic heterocycles. The smallest absolute Gasteiger partial charge is 0.243 e. The number of halogens is 1. The number of nitrogens with two attached hydrogens (primary N) is 1. The number of hydrogen-bond acceptors (Lipinski definition) is 5. The second-order valence-electron chi connectivity index (χ2n) is 4.51. The van der Waals surface area contributed by atoms with E-state index in [1.165, 1.54) is 7.11 Å². The van der Waals surface area contributed by atoms with Gasteiger partial charge in [-0.2, -0.15) is 4.31 Å². The topological polar surface area (TPSA) is 92.9 Å². The summed E-state index contributed by atoms with van der Waals surface area (Å²) in [5, 5.41) is 9.01. The van der Waals surface area contributed by atoms with Gasteiger partial charge in [-0.25, -0.2) is 12.8 Å². The Morgan fingerprint density at radius 3 is 2.52 bits per heavy atom. The summed E-state index contributed by atoms with van der Waals surface area (Å²) >= 11 is 0. The van der Waals surface area contributed by atoms with Crippen LogP contribution in [0.2, 0.25) is 0 Å². The lowest BCUT2D eigenvalue weighted by Crippen LogP contribution is -2.34. The maximum atomic E-state index is 13.8. The minimum atomic E-state index is -3.91. The zero-order valence-electron chi connectivity index (χ0n) is 12.2. The summed E-state index contributed by atoms with van der Waals surface area (Å²) in [6, 6.07) is 2.04. The quantitative estimate of drug-likeness (QED) is 0.702. The van der Waals surface area contributed by atoms with Crippen molar-refractivity contribution in [2.45, 2.75) is 24.7 Å². The van der Waals surface area contributed by atoms with Gasteiger partial charge >= 0.3 is 0 Å². The van der Waals surface area contributed by atoms with Crippen LogP contribution in [0.3, 0.4) is 0 Å². The monoisotopic (exact) mass is 320 g/mol. The Labute approximate surface area is 124 Å². The first-order valence-corrected chi connectivity index (χ1v) is 8.06. The Kier molecular flexibility index (Phi) is 6.38. The molecule has 8 heteroatoms. The lowest BCUT2D eigenvalue weighted by molar-refractivity contribution is 0.252. The fourth-order valence-corrected chi connectivity index (χ4v) is 3.42. The van der Waals surface area contributed by atoms with Crippen molar-refractivity contribution < 1.29 is 22.7 Å². The third-order valence-corrected chi connectivity index (χ3v) is 4.87. The van der Waals surface area contributed by atoms with E-state index in [1.54, 1.807) is 0 Å². The molecule has 0 aliphatic carbocycles. The van der Waals surface area contributed by atoms with Crippen molar-refractivity contribution in [3.05, 3.63) is 17.9 Å². The SMILES string of the molecule is CCCCN(CCO)S(=O)(=O)c1cc(N)c(OC)c(F)c1. The van der Waals surface area contributed by atoms with Gasteiger partial charge in [0.15, 0.2) is 11.6 Å². The molecular weight excluding hydrogens is 299 g/mol. The van der Waals surface area contributed by atoms with Gasteiger partial charge in [-0.1, -0.05) is 13.3 Å². The Balaban J connectivity index is 3.21. The number of nitrogens with zero attached hydrogens (tertiary/aromatic N) is 1. The first-order chi connectivity index (χ1) is 9.88. The van der Waals surface area contributed by atoms with E-state index in [0.29, 0.717) is 6.42 Å². The second kappa shape index (κ2) is 7.58. The summed E-state index contributed by atoms with van der Waals surface area (Å²) in [4.78, 5) is -0.247. The van der Waals surface area contributed by atoms with Crippen molar-refractivity contribution in [2.75, 3.05) is 32.5 Å². The van der Waals surface area contributed by atoms with Crippen LogP contribution in [0.5, 0.6) is 5.75 Å². The fourth-order valence-electron chi connectivity index (χ4n) is 1.90. The predicted octanol–water partition coefficient (Wildman–Crippen LogP) is 1.20. The summed E-state index contributed by atoms with van der Waals surface area (Å²) in [5.41, 5.74) is 5.52. The molecule has 0 bridgehead atoms.